The normalized spacial score (nSPS) is 24.1. The lowest BCUT2D eigenvalue weighted by Crippen LogP contribution is -2.21. The van der Waals surface area contributed by atoms with Crippen LogP contribution in [0.4, 0.5) is 0 Å². The van der Waals surface area contributed by atoms with E-state index in [4.69, 9.17) is 5.26 Å². The average Bonchev–Trinajstić information content (AvgIpc) is 2.79. The second kappa shape index (κ2) is 12.0. The third-order valence-corrected chi connectivity index (χ3v) is 7.19. The molecule has 0 aromatic heterocycles. The molecule has 1 aromatic rings. The highest BCUT2D eigenvalue weighted by molar-refractivity contribution is 5.75. The first kappa shape index (κ1) is 21.9. The van der Waals surface area contributed by atoms with E-state index in [1.54, 1.807) is 0 Å². The predicted octanol–water partition coefficient (Wildman–Crippen LogP) is 8.46. The van der Waals surface area contributed by atoms with E-state index < -0.39 is 0 Å². The van der Waals surface area contributed by atoms with Gasteiger partial charge in [0.25, 0.3) is 0 Å². The molecule has 1 atom stereocenters. The van der Waals surface area contributed by atoms with Crippen LogP contribution in [0.25, 0.3) is 5.57 Å². The molecular weight excluding hydrogens is 350 g/mol. The zero-order valence-electron chi connectivity index (χ0n) is 18.4. The number of benzene rings is 1. The number of unbranched alkanes of at least 4 members (excludes halogenated alkanes) is 6. The summed E-state index contributed by atoms with van der Waals surface area (Å²) in [4.78, 5) is 0. The van der Waals surface area contributed by atoms with Crippen molar-refractivity contribution >= 4 is 5.57 Å². The van der Waals surface area contributed by atoms with E-state index in [0.29, 0.717) is 0 Å². The van der Waals surface area contributed by atoms with Gasteiger partial charge in [-0.05, 0) is 60.3 Å². The maximum Gasteiger partial charge on any atom is 0.0991 e. The van der Waals surface area contributed by atoms with Crippen molar-refractivity contribution in [1.82, 2.24) is 0 Å². The molecule has 0 bridgehead atoms. The first-order valence-electron chi connectivity index (χ1n) is 12.2. The van der Waals surface area contributed by atoms with Gasteiger partial charge in [0.1, 0.15) is 0 Å². The van der Waals surface area contributed by atoms with Crippen LogP contribution in [0.3, 0.4) is 0 Å². The Kier molecular flexibility index (Phi) is 9.07. The summed E-state index contributed by atoms with van der Waals surface area (Å²) < 4.78 is 0. The maximum atomic E-state index is 8.96. The van der Waals surface area contributed by atoms with Gasteiger partial charge < -0.3 is 0 Å². The van der Waals surface area contributed by atoms with Crippen molar-refractivity contribution in [3.63, 3.8) is 0 Å². The largest absolute Gasteiger partial charge is 0.192 e. The molecule has 156 valence electrons. The Labute approximate surface area is 178 Å². The highest BCUT2D eigenvalue weighted by atomic mass is 14.3. The molecule has 2 aliphatic carbocycles. The van der Waals surface area contributed by atoms with Crippen LogP contribution in [0.1, 0.15) is 102 Å². The van der Waals surface area contributed by atoms with Gasteiger partial charge in [-0.3, -0.25) is 0 Å². The summed E-state index contributed by atoms with van der Waals surface area (Å²) in [6.45, 7) is 2.30. The molecule has 3 rings (SSSR count). The Morgan fingerprint density at radius 1 is 0.897 bits per heavy atom. The molecule has 1 fully saturated rings. The molecule has 1 nitrogen and oxygen atoms in total. The van der Waals surface area contributed by atoms with Crippen LogP contribution in [0.5, 0.6) is 0 Å². The molecule has 1 aromatic carbocycles. The van der Waals surface area contributed by atoms with Gasteiger partial charge in [0.2, 0.25) is 0 Å². The van der Waals surface area contributed by atoms with Crippen LogP contribution in [-0.4, -0.2) is 0 Å². The number of rotatable bonds is 10. The van der Waals surface area contributed by atoms with E-state index in [1.807, 2.05) is 12.1 Å². The lowest BCUT2D eigenvalue weighted by atomic mass is 9.72. The Hall–Kier alpha value is -1.81. The fourth-order valence-electron chi connectivity index (χ4n) is 5.23. The molecule has 1 unspecified atom stereocenters. The van der Waals surface area contributed by atoms with Crippen molar-refractivity contribution in [3.05, 3.63) is 53.6 Å². The van der Waals surface area contributed by atoms with Gasteiger partial charge in [0, 0.05) is 0 Å². The lowest BCUT2D eigenvalue weighted by molar-refractivity contribution is 0.218. The summed E-state index contributed by atoms with van der Waals surface area (Å²) in [5.74, 6) is 2.62. The molecule has 0 spiro atoms. The van der Waals surface area contributed by atoms with E-state index in [0.717, 1.165) is 23.3 Å². The number of hydrogen-bond acceptors (Lipinski definition) is 1. The van der Waals surface area contributed by atoms with Crippen LogP contribution in [-0.2, 0) is 0 Å². The third kappa shape index (κ3) is 6.88. The van der Waals surface area contributed by atoms with Gasteiger partial charge in [0.05, 0.1) is 11.6 Å². The van der Waals surface area contributed by atoms with Gasteiger partial charge in [-0.1, -0.05) is 101 Å². The molecule has 0 radical (unpaired) electrons. The van der Waals surface area contributed by atoms with E-state index in [2.05, 4.69) is 43.4 Å². The summed E-state index contributed by atoms with van der Waals surface area (Å²) in [5, 5.41) is 8.96. The van der Waals surface area contributed by atoms with Gasteiger partial charge in [-0.2, -0.15) is 5.26 Å². The minimum absolute atomic E-state index is 0.733. The van der Waals surface area contributed by atoms with Crippen LogP contribution in [0.15, 0.2) is 42.5 Å². The quantitative estimate of drug-likeness (QED) is 0.368. The van der Waals surface area contributed by atoms with Gasteiger partial charge in [-0.25, -0.2) is 0 Å². The van der Waals surface area contributed by atoms with Crippen LogP contribution in [0, 0.1) is 29.1 Å². The average molecular weight is 390 g/mol. The maximum absolute atomic E-state index is 8.96. The van der Waals surface area contributed by atoms with Crippen molar-refractivity contribution < 1.29 is 0 Å². The van der Waals surface area contributed by atoms with Crippen molar-refractivity contribution in [1.29, 1.82) is 5.26 Å². The van der Waals surface area contributed by atoms with E-state index in [-0.39, 0.29) is 0 Å². The summed E-state index contributed by atoms with van der Waals surface area (Å²) in [5.41, 5.74) is 3.29. The molecule has 0 amide bonds. The van der Waals surface area contributed by atoms with Crippen molar-refractivity contribution in [2.75, 3.05) is 0 Å². The number of nitrogens with zero attached hydrogens (tertiary/aromatic N) is 1. The summed E-state index contributed by atoms with van der Waals surface area (Å²) in [6.07, 6.45) is 25.7. The molecule has 1 saturated carbocycles. The fourth-order valence-corrected chi connectivity index (χ4v) is 5.23. The molecule has 29 heavy (non-hydrogen) atoms. The molecule has 1 heteroatoms. The van der Waals surface area contributed by atoms with Crippen molar-refractivity contribution in [2.24, 2.45) is 17.8 Å². The monoisotopic (exact) mass is 389 g/mol. The number of nitriles is 1. The lowest BCUT2D eigenvalue weighted by Gasteiger charge is -2.33. The van der Waals surface area contributed by atoms with Gasteiger partial charge in [-0.15, -0.1) is 0 Å². The number of allylic oxidation sites excluding steroid dienone is 4. The number of hydrogen-bond donors (Lipinski definition) is 0. The molecule has 0 saturated heterocycles. The highest BCUT2D eigenvalue weighted by Crippen LogP contribution is 2.39. The first-order valence-corrected chi connectivity index (χ1v) is 12.2. The predicted molar refractivity (Wildman–Crippen MR) is 124 cm³/mol. The zero-order chi connectivity index (χ0) is 20.3. The Bertz CT molecular complexity index is 695. The van der Waals surface area contributed by atoms with E-state index >= 15 is 0 Å². The van der Waals surface area contributed by atoms with Crippen LogP contribution < -0.4 is 0 Å². The minimum atomic E-state index is 0.733. The molecule has 0 N–H and O–H groups in total. The smallest absolute Gasteiger partial charge is 0.0991 e. The van der Waals surface area contributed by atoms with Crippen molar-refractivity contribution in [2.45, 2.75) is 90.4 Å². The van der Waals surface area contributed by atoms with Crippen LogP contribution >= 0.6 is 0 Å². The molecular formula is C28H39N. The Morgan fingerprint density at radius 2 is 1.59 bits per heavy atom. The topological polar surface area (TPSA) is 23.8 Å². The van der Waals surface area contributed by atoms with Crippen molar-refractivity contribution in [3.8, 4) is 6.07 Å². The second-order valence-electron chi connectivity index (χ2n) is 9.30. The molecule has 0 aliphatic heterocycles. The first-order chi connectivity index (χ1) is 14.3. The second-order valence-corrected chi connectivity index (χ2v) is 9.30. The van der Waals surface area contributed by atoms with E-state index in [9.17, 15) is 0 Å². The minimum Gasteiger partial charge on any atom is -0.192 e. The fraction of sp³-hybridized carbons (Fsp3) is 0.607. The van der Waals surface area contributed by atoms with Gasteiger partial charge in [0.15, 0.2) is 0 Å². The Morgan fingerprint density at radius 3 is 2.21 bits per heavy atom. The van der Waals surface area contributed by atoms with Crippen LogP contribution in [0.2, 0.25) is 0 Å². The summed E-state index contributed by atoms with van der Waals surface area (Å²) >= 11 is 0. The molecule has 0 heterocycles. The SMILES string of the molecule is CCCCCCCCCC1CCC(C2C=CC(c3ccc(C#N)cc3)=CC2)CC1. The highest BCUT2D eigenvalue weighted by Gasteiger charge is 2.26. The summed E-state index contributed by atoms with van der Waals surface area (Å²) in [7, 11) is 0. The molecule has 2 aliphatic rings. The van der Waals surface area contributed by atoms with Gasteiger partial charge >= 0.3 is 0 Å². The zero-order valence-corrected chi connectivity index (χ0v) is 18.4. The standard InChI is InChI=1S/C28H39N/c1-2-3-4-5-6-7-8-9-23-10-14-25(15-11-23)27-18-20-28(21-19-27)26-16-12-24(22-29)13-17-26/h12-13,16-18,20-21,23,25,27H,2-11,14-15,19H2,1H3. The Balaban J connectivity index is 1.34. The van der Waals surface area contributed by atoms with E-state index in [1.165, 1.54) is 94.6 Å². The third-order valence-electron chi connectivity index (χ3n) is 7.19. The summed E-state index contributed by atoms with van der Waals surface area (Å²) in [6, 6.07) is 10.2.